The van der Waals surface area contributed by atoms with Crippen LogP contribution in [0.2, 0.25) is 5.02 Å². The predicted octanol–water partition coefficient (Wildman–Crippen LogP) is 3.00. The SMILES string of the molecule is CCO.NC(=O)c1c[nH]c2cc(Cl)c(-c3ccc(C4(CO)CC4)nc3)cc12. The van der Waals surface area contributed by atoms with Crippen molar-refractivity contribution >= 4 is 28.4 Å². The summed E-state index contributed by atoms with van der Waals surface area (Å²) in [4.78, 5) is 19.1. The van der Waals surface area contributed by atoms with Crippen LogP contribution in [0.5, 0.6) is 0 Å². The number of benzene rings is 1. The number of primary amides is 1. The van der Waals surface area contributed by atoms with Crippen LogP contribution in [0, 0.1) is 0 Å². The summed E-state index contributed by atoms with van der Waals surface area (Å²) in [6.07, 6.45) is 5.28. The molecule has 0 spiro atoms. The van der Waals surface area contributed by atoms with Crippen LogP contribution in [-0.4, -0.2) is 39.3 Å². The highest BCUT2D eigenvalue weighted by molar-refractivity contribution is 6.34. The minimum atomic E-state index is -0.485. The van der Waals surface area contributed by atoms with Crippen molar-refractivity contribution < 1.29 is 15.0 Å². The number of H-pyrrole nitrogens is 1. The lowest BCUT2D eigenvalue weighted by Crippen LogP contribution is -2.13. The van der Waals surface area contributed by atoms with Crippen molar-refractivity contribution in [1.82, 2.24) is 9.97 Å². The second kappa shape index (κ2) is 7.68. The van der Waals surface area contributed by atoms with Crippen LogP contribution in [-0.2, 0) is 5.41 Å². The molecule has 0 unspecified atom stereocenters. The number of aliphatic hydroxyl groups excluding tert-OH is 2. The maximum atomic E-state index is 11.5. The van der Waals surface area contributed by atoms with Gasteiger partial charge < -0.3 is 20.9 Å². The number of pyridine rings is 1. The standard InChI is InChI=1S/C18H16ClN3O2.C2H6O/c19-14-6-15-12(13(8-21-15)17(20)24)5-11(14)10-1-2-16(22-7-10)18(9-23)3-4-18;1-2-3/h1-2,5-8,21,23H,3-4,9H2,(H2,20,24);3H,2H2,1H3. The quantitative estimate of drug-likeness (QED) is 0.551. The number of aromatic amines is 1. The summed E-state index contributed by atoms with van der Waals surface area (Å²) >= 11 is 6.39. The summed E-state index contributed by atoms with van der Waals surface area (Å²) in [6, 6.07) is 7.51. The van der Waals surface area contributed by atoms with E-state index in [9.17, 15) is 9.90 Å². The number of carbonyl (C=O) groups is 1. The molecule has 4 rings (SSSR count). The van der Waals surface area contributed by atoms with E-state index in [4.69, 9.17) is 22.4 Å². The number of nitrogens with zero attached hydrogens (tertiary/aromatic N) is 1. The van der Waals surface area contributed by atoms with Crippen molar-refractivity contribution in [2.45, 2.75) is 25.2 Å². The Bertz CT molecular complexity index is 963. The number of amides is 1. The molecule has 1 saturated carbocycles. The minimum Gasteiger partial charge on any atom is -0.397 e. The van der Waals surface area contributed by atoms with Gasteiger partial charge in [-0.05, 0) is 38.0 Å². The van der Waals surface area contributed by atoms with Crippen molar-refractivity contribution in [3.05, 3.63) is 52.9 Å². The third kappa shape index (κ3) is 3.69. The third-order valence-corrected chi connectivity index (χ3v) is 5.12. The molecule has 1 aromatic carbocycles. The fraction of sp³-hybridized carbons (Fsp3) is 0.300. The predicted molar refractivity (Wildman–Crippen MR) is 106 cm³/mol. The molecule has 1 fully saturated rings. The van der Waals surface area contributed by atoms with Crippen LogP contribution in [0.25, 0.3) is 22.0 Å². The molecular formula is C20H22ClN3O3. The Morgan fingerprint density at radius 2 is 2.04 bits per heavy atom. The van der Waals surface area contributed by atoms with Gasteiger partial charge in [0.15, 0.2) is 0 Å². The van der Waals surface area contributed by atoms with Gasteiger partial charge in [-0.25, -0.2) is 0 Å². The first-order chi connectivity index (χ1) is 13.0. The van der Waals surface area contributed by atoms with Gasteiger partial charge in [-0.15, -0.1) is 0 Å². The molecule has 2 heterocycles. The van der Waals surface area contributed by atoms with Crippen LogP contribution in [0.4, 0.5) is 0 Å². The first kappa shape index (κ1) is 19.4. The van der Waals surface area contributed by atoms with Crippen molar-refractivity contribution in [3.63, 3.8) is 0 Å². The molecule has 142 valence electrons. The molecule has 27 heavy (non-hydrogen) atoms. The van der Waals surface area contributed by atoms with Gasteiger partial charge in [-0.1, -0.05) is 17.7 Å². The normalized spacial score (nSPS) is 14.5. The fourth-order valence-corrected chi connectivity index (χ4v) is 3.35. The zero-order valence-electron chi connectivity index (χ0n) is 15.0. The van der Waals surface area contributed by atoms with Gasteiger partial charge in [0.05, 0.1) is 17.2 Å². The lowest BCUT2D eigenvalue weighted by atomic mass is 10.00. The van der Waals surface area contributed by atoms with Crippen LogP contribution >= 0.6 is 11.6 Å². The lowest BCUT2D eigenvalue weighted by Gasteiger charge is -2.12. The topological polar surface area (TPSA) is 112 Å². The van der Waals surface area contributed by atoms with E-state index in [2.05, 4.69) is 9.97 Å². The Morgan fingerprint density at radius 1 is 1.33 bits per heavy atom. The van der Waals surface area contributed by atoms with Crippen molar-refractivity contribution in [2.24, 2.45) is 5.73 Å². The number of aliphatic hydroxyl groups is 2. The first-order valence-corrected chi connectivity index (χ1v) is 9.12. The summed E-state index contributed by atoms with van der Waals surface area (Å²) in [5.41, 5.74) is 9.01. The lowest BCUT2D eigenvalue weighted by molar-refractivity contribution is 0.100. The number of nitrogens with one attached hydrogen (secondary N) is 1. The fourth-order valence-electron chi connectivity index (χ4n) is 3.08. The van der Waals surface area contributed by atoms with Crippen molar-refractivity contribution in [1.29, 1.82) is 0 Å². The molecule has 1 aliphatic carbocycles. The number of hydrogen-bond donors (Lipinski definition) is 4. The van der Waals surface area contributed by atoms with E-state index >= 15 is 0 Å². The van der Waals surface area contributed by atoms with Crippen LogP contribution in [0.1, 0.15) is 35.8 Å². The Hall–Kier alpha value is -2.41. The summed E-state index contributed by atoms with van der Waals surface area (Å²) < 4.78 is 0. The molecule has 1 amide bonds. The molecule has 0 aliphatic heterocycles. The molecule has 5 N–H and O–H groups in total. The van der Waals surface area contributed by atoms with E-state index in [1.807, 2.05) is 18.2 Å². The highest BCUT2D eigenvalue weighted by atomic mass is 35.5. The molecule has 3 aromatic rings. The first-order valence-electron chi connectivity index (χ1n) is 8.75. The molecule has 0 saturated heterocycles. The summed E-state index contributed by atoms with van der Waals surface area (Å²) in [5, 5.41) is 18.4. The van der Waals surface area contributed by atoms with Gasteiger partial charge in [0.2, 0.25) is 0 Å². The van der Waals surface area contributed by atoms with E-state index in [0.29, 0.717) is 10.6 Å². The van der Waals surface area contributed by atoms with Crippen molar-refractivity contribution in [2.75, 3.05) is 13.2 Å². The van der Waals surface area contributed by atoms with Crippen LogP contribution in [0.3, 0.4) is 0 Å². The Balaban J connectivity index is 0.000000659. The number of fused-ring (bicyclic) bond motifs is 1. The maximum absolute atomic E-state index is 11.5. The summed E-state index contributed by atoms with van der Waals surface area (Å²) in [6.45, 7) is 2.05. The number of carbonyl (C=O) groups excluding carboxylic acids is 1. The Kier molecular flexibility index (Phi) is 5.51. The van der Waals surface area contributed by atoms with E-state index < -0.39 is 5.91 Å². The second-order valence-corrected chi connectivity index (χ2v) is 7.04. The molecule has 2 aromatic heterocycles. The molecule has 0 bridgehead atoms. The minimum absolute atomic E-state index is 0.122. The Labute approximate surface area is 162 Å². The van der Waals surface area contributed by atoms with Crippen LogP contribution < -0.4 is 5.73 Å². The van der Waals surface area contributed by atoms with Gasteiger partial charge >= 0.3 is 0 Å². The highest BCUT2D eigenvalue weighted by Gasteiger charge is 2.44. The summed E-state index contributed by atoms with van der Waals surface area (Å²) in [7, 11) is 0. The molecule has 0 atom stereocenters. The third-order valence-electron chi connectivity index (χ3n) is 4.81. The summed E-state index contributed by atoms with van der Waals surface area (Å²) in [5.74, 6) is -0.485. The highest BCUT2D eigenvalue weighted by Crippen LogP contribution is 2.47. The zero-order chi connectivity index (χ0) is 19.6. The van der Waals surface area contributed by atoms with Crippen molar-refractivity contribution in [3.8, 4) is 11.1 Å². The average Bonchev–Trinajstić information content (AvgIpc) is 3.35. The van der Waals surface area contributed by atoms with E-state index in [1.165, 1.54) is 0 Å². The number of nitrogens with two attached hydrogens (primary N) is 1. The van der Waals surface area contributed by atoms with E-state index in [1.54, 1.807) is 25.4 Å². The Morgan fingerprint density at radius 3 is 2.56 bits per heavy atom. The van der Waals surface area contributed by atoms with E-state index in [-0.39, 0.29) is 18.6 Å². The molecular weight excluding hydrogens is 366 g/mol. The van der Waals surface area contributed by atoms with Gasteiger partial charge in [-0.2, -0.15) is 0 Å². The van der Waals surface area contributed by atoms with Gasteiger partial charge in [0.1, 0.15) is 0 Å². The number of aromatic nitrogens is 2. The number of hydrogen-bond acceptors (Lipinski definition) is 4. The van der Waals surface area contributed by atoms with Gasteiger partial charge in [0, 0.05) is 52.1 Å². The number of halogens is 1. The second-order valence-electron chi connectivity index (χ2n) is 6.63. The monoisotopic (exact) mass is 387 g/mol. The zero-order valence-corrected chi connectivity index (χ0v) is 15.8. The maximum Gasteiger partial charge on any atom is 0.250 e. The van der Waals surface area contributed by atoms with Crippen LogP contribution in [0.15, 0.2) is 36.7 Å². The molecule has 6 nitrogen and oxygen atoms in total. The molecule has 7 heteroatoms. The molecule has 0 radical (unpaired) electrons. The van der Waals surface area contributed by atoms with Gasteiger partial charge in [0.25, 0.3) is 5.91 Å². The average molecular weight is 388 g/mol. The largest absolute Gasteiger partial charge is 0.397 e. The molecule has 1 aliphatic rings. The number of rotatable bonds is 4. The smallest absolute Gasteiger partial charge is 0.250 e. The van der Waals surface area contributed by atoms with Gasteiger partial charge in [-0.3, -0.25) is 9.78 Å². The van der Waals surface area contributed by atoms with E-state index in [0.717, 1.165) is 40.6 Å².